The summed E-state index contributed by atoms with van der Waals surface area (Å²) in [6, 6.07) is 21.4. The molecule has 0 fully saturated rings. The molecule has 3 rings (SSSR count). The molecule has 0 saturated carbocycles. The Morgan fingerprint density at radius 1 is 1.17 bits per heavy atom. The molecule has 0 atom stereocenters. The summed E-state index contributed by atoms with van der Waals surface area (Å²) in [5.41, 5.74) is 2.40. The van der Waals surface area contributed by atoms with Crippen molar-refractivity contribution in [3.05, 3.63) is 98.0 Å². The Labute approximate surface area is 182 Å². The number of ether oxygens (including phenoxy) is 2. The summed E-state index contributed by atoms with van der Waals surface area (Å²) in [6.07, 6.45) is 1.65. The number of benzene rings is 3. The van der Waals surface area contributed by atoms with Crippen LogP contribution in [0.1, 0.15) is 16.7 Å². The standard InChI is InChI=1S/C23H17BrN2O4/c1-29-22-12-17(10-19(14-25)18-8-5-9-20(13-18)26(27)28)11-21(24)23(22)30-15-16-6-3-2-4-7-16/h2-13H,15H2,1H3/b19-10-. The first-order valence-electron chi connectivity index (χ1n) is 8.92. The average Bonchev–Trinajstić information content (AvgIpc) is 2.77. The highest BCUT2D eigenvalue weighted by Crippen LogP contribution is 2.38. The molecule has 3 aromatic carbocycles. The van der Waals surface area contributed by atoms with E-state index in [0.29, 0.717) is 39.3 Å². The molecule has 0 aliphatic heterocycles. The topological polar surface area (TPSA) is 85.4 Å². The van der Waals surface area contributed by atoms with E-state index >= 15 is 0 Å². The summed E-state index contributed by atoms with van der Waals surface area (Å²) in [5.74, 6) is 1.05. The highest BCUT2D eigenvalue weighted by molar-refractivity contribution is 9.10. The fourth-order valence-corrected chi connectivity index (χ4v) is 3.40. The van der Waals surface area contributed by atoms with Gasteiger partial charge in [-0.25, -0.2) is 0 Å². The summed E-state index contributed by atoms with van der Waals surface area (Å²) in [5, 5.41) is 20.6. The second-order valence-electron chi connectivity index (χ2n) is 6.29. The number of allylic oxidation sites excluding steroid dienone is 1. The molecular formula is C23H17BrN2O4. The van der Waals surface area contributed by atoms with E-state index in [4.69, 9.17) is 9.47 Å². The van der Waals surface area contributed by atoms with Gasteiger partial charge < -0.3 is 9.47 Å². The molecule has 0 aliphatic rings. The van der Waals surface area contributed by atoms with Crippen LogP contribution >= 0.6 is 15.9 Å². The van der Waals surface area contributed by atoms with Crippen molar-refractivity contribution in [2.75, 3.05) is 7.11 Å². The van der Waals surface area contributed by atoms with Crippen LogP contribution in [0.15, 0.2) is 71.2 Å². The van der Waals surface area contributed by atoms with Crippen molar-refractivity contribution in [3.8, 4) is 17.6 Å². The fraction of sp³-hybridized carbons (Fsp3) is 0.0870. The lowest BCUT2D eigenvalue weighted by Gasteiger charge is -2.14. The maximum absolute atomic E-state index is 11.0. The molecule has 0 aliphatic carbocycles. The van der Waals surface area contributed by atoms with Crippen molar-refractivity contribution in [2.45, 2.75) is 6.61 Å². The van der Waals surface area contributed by atoms with E-state index in [0.717, 1.165) is 5.56 Å². The molecule has 0 aromatic heterocycles. The van der Waals surface area contributed by atoms with E-state index < -0.39 is 4.92 Å². The summed E-state index contributed by atoms with van der Waals surface area (Å²) in [6.45, 7) is 0.377. The smallest absolute Gasteiger partial charge is 0.270 e. The predicted molar refractivity (Wildman–Crippen MR) is 118 cm³/mol. The number of nitrogens with zero attached hydrogens (tertiary/aromatic N) is 2. The van der Waals surface area contributed by atoms with Crippen molar-refractivity contribution in [1.82, 2.24) is 0 Å². The van der Waals surface area contributed by atoms with Gasteiger partial charge in [0.05, 0.1) is 28.1 Å². The third kappa shape index (κ3) is 5.04. The molecule has 0 heterocycles. The molecule has 0 bridgehead atoms. The largest absolute Gasteiger partial charge is 0.493 e. The van der Waals surface area contributed by atoms with Gasteiger partial charge in [-0.05, 0) is 50.8 Å². The zero-order chi connectivity index (χ0) is 21.5. The Hall–Kier alpha value is -3.63. The maximum Gasteiger partial charge on any atom is 0.270 e. The summed E-state index contributed by atoms with van der Waals surface area (Å²) < 4.78 is 12.1. The monoisotopic (exact) mass is 464 g/mol. The highest BCUT2D eigenvalue weighted by atomic mass is 79.9. The SMILES string of the molecule is COc1cc(/C=C(/C#N)c2cccc([N+](=O)[O-])c2)cc(Br)c1OCc1ccccc1. The minimum atomic E-state index is -0.489. The van der Waals surface area contributed by atoms with E-state index in [2.05, 4.69) is 22.0 Å². The Morgan fingerprint density at radius 3 is 2.60 bits per heavy atom. The summed E-state index contributed by atoms with van der Waals surface area (Å²) in [7, 11) is 1.54. The van der Waals surface area contributed by atoms with Crippen LogP contribution in [0, 0.1) is 21.4 Å². The lowest BCUT2D eigenvalue weighted by atomic mass is 10.0. The molecule has 0 spiro atoms. The van der Waals surface area contributed by atoms with Gasteiger partial charge in [-0.15, -0.1) is 0 Å². The van der Waals surface area contributed by atoms with E-state index in [9.17, 15) is 15.4 Å². The van der Waals surface area contributed by atoms with Crippen LogP contribution in [0.25, 0.3) is 11.6 Å². The minimum absolute atomic E-state index is 0.0722. The van der Waals surface area contributed by atoms with Gasteiger partial charge in [0.1, 0.15) is 6.61 Å². The van der Waals surface area contributed by atoms with Crippen LogP contribution < -0.4 is 9.47 Å². The molecule has 0 radical (unpaired) electrons. The molecule has 150 valence electrons. The molecular weight excluding hydrogens is 448 g/mol. The van der Waals surface area contributed by atoms with Gasteiger partial charge >= 0.3 is 0 Å². The molecule has 3 aromatic rings. The first-order chi connectivity index (χ1) is 14.5. The zero-order valence-corrected chi connectivity index (χ0v) is 17.6. The van der Waals surface area contributed by atoms with Crippen LogP contribution in [0.2, 0.25) is 0 Å². The number of non-ortho nitro benzene ring substituents is 1. The number of nitro groups is 1. The normalized spacial score (nSPS) is 10.9. The number of halogens is 1. The summed E-state index contributed by atoms with van der Waals surface area (Å²) >= 11 is 3.50. The Kier molecular flexibility index (Phi) is 6.83. The van der Waals surface area contributed by atoms with E-state index in [1.165, 1.54) is 19.2 Å². The first kappa shape index (κ1) is 21.1. The van der Waals surface area contributed by atoms with Crippen molar-refractivity contribution in [2.24, 2.45) is 0 Å². The van der Waals surface area contributed by atoms with Gasteiger partial charge in [-0.3, -0.25) is 10.1 Å². The van der Waals surface area contributed by atoms with Gasteiger partial charge in [-0.2, -0.15) is 5.26 Å². The zero-order valence-electron chi connectivity index (χ0n) is 16.0. The van der Waals surface area contributed by atoms with Crippen LogP contribution in [0.4, 0.5) is 5.69 Å². The summed E-state index contributed by atoms with van der Waals surface area (Å²) in [4.78, 5) is 10.5. The lowest BCUT2D eigenvalue weighted by molar-refractivity contribution is -0.384. The Morgan fingerprint density at radius 2 is 1.93 bits per heavy atom. The Bertz CT molecular complexity index is 1140. The number of hydrogen-bond acceptors (Lipinski definition) is 5. The molecule has 0 unspecified atom stereocenters. The molecule has 0 amide bonds. The van der Waals surface area contributed by atoms with Crippen molar-refractivity contribution < 1.29 is 14.4 Å². The van der Waals surface area contributed by atoms with Gasteiger partial charge in [0.2, 0.25) is 0 Å². The third-order valence-corrected chi connectivity index (χ3v) is 4.87. The van der Waals surface area contributed by atoms with Crippen LogP contribution in [0.3, 0.4) is 0 Å². The highest BCUT2D eigenvalue weighted by Gasteiger charge is 2.13. The van der Waals surface area contributed by atoms with Crippen molar-refractivity contribution in [3.63, 3.8) is 0 Å². The fourth-order valence-electron chi connectivity index (χ4n) is 2.83. The van der Waals surface area contributed by atoms with Gasteiger partial charge in [0.25, 0.3) is 5.69 Å². The predicted octanol–water partition coefficient (Wildman–Crippen LogP) is 6.01. The number of nitriles is 1. The quantitative estimate of drug-likeness (QED) is 0.185. The molecule has 30 heavy (non-hydrogen) atoms. The number of nitro benzene ring substituents is 1. The molecule has 7 heteroatoms. The van der Waals surface area contributed by atoms with Crippen LogP contribution in [0.5, 0.6) is 11.5 Å². The number of hydrogen-bond donors (Lipinski definition) is 0. The van der Waals surface area contributed by atoms with Crippen molar-refractivity contribution in [1.29, 1.82) is 5.26 Å². The molecule has 0 saturated heterocycles. The third-order valence-electron chi connectivity index (χ3n) is 4.28. The van der Waals surface area contributed by atoms with Gasteiger partial charge in [0.15, 0.2) is 11.5 Å². The second kappa shape index (κ2) is 9.72. The Balaban J connectivity index is 1.92. The molecule has 0 N–H and O–H groups in total. The minimum Gasteiger partial charge on any atom is -0.493 e. The van der Waals surface area contributed by atoms with Crippen LogP contribution in [-0.2, 0) is 6.61 Å². The van der Waals surface area contributed by atoms with Crippen molar-refractivity contribution >= 4 is 33.3 Å². The number of rotatable bonds is 7. The van der Waals surface area contributed by atoms with Crippen LogP contribution in [-0.4, -0.2) is 12.0 Å². The van der Waals surface area contributed by atoms with E-state index in [1.807, 2.05) is 30.3 Å². The first-order valence-corrected chi connectivity index (χ1v) is 9.72. The lowest BCUT2D eigenvalue weighted by Crippen LogP contribution is -1.99. The van der Waals surface area contributed by atoms with E-state index in [-0.39, 0.29) is 5.69 Å². The maximum atomic E-state index is 11.0. The second-order valence-corrected chi connectivity index (χ2v) is 7.14. The molecule has 6 nitrogen and oxygen atoms in total. The average molecular weight is 465 g/mol. The van der Waals surface area contributed by atoms with E-state index in [1.54, 1.807) is 30.3 Å². The van der Waals surface area contributed by atoms with Gasteiger partial charge in [-0.1, -0.05) is 42.5 Å². The van der Waals surface area contributed by atoms with Gasteiger partial charge in [0, 0.05) is 12.1 Å². The number of methoxy groups -OCH3 is 1.